The molecule has 0 radical (unpaired) electrons. The first kappa shape index (κ1) is 13.5. The molecule has 1 heterocycles. The average Bonchev–Trinajstić information content (AvgIpc) is 2.74. The number of nitrogens with two attached hydrogens (primary N) is 1. The van der Waals surface area contributed by atoms with E-state index in [2.05, 4.69) is 0 Å². The topological polar surface area (TPSA) is 26.0 Å². The van der Waals surface area contributed by atoms with Crippen LogP contribution >= 0.6 is 35.3 Å². The summed E-state index contributed by atoms with van der Waals surface area (Å²) in [4.78, 5) is 0.927. The van der Waals surface area contributed by atoms with Crippen molar-refractivity contribution in [2.24, 2.45) is 5.73 Å². The number of hydrogen-bond donors (Lipinski definition) is 1. The predicted molar refractivity (Wildman–Crippen MR) is 69.0 cm³/mol. The first-order valence-corrected chi connectivity index (χ1v) is 5.69. The minimum atomic E-state index is -0.441. The van der Waals surface area contributed by atoms with Gasteiger partial charge in [-0.25, -0.2) is 4.39 Å². The molecule has 0 aliphatic carbocycles. The molecule has 1 aromatic heterocycles. The first-order valence-electron chi connectivity index (χ1n) is 4.43. The van der Waals surface area contributed by atoms with Crippen LogP contribution in [0.15, 0.2) is 35.7 Å². The molecule has 0 spiro atoms. The zero-order chi connectivity index (χ0) is 10.8. The SMILES string of the molecule is Cl.N[C@@H](c1cccs1)c1cccc(Cl)c1F. The molecule has 0 bridgehead atoms. The van der Waals surface area contributed by atoms with E-state index in [1.807, 2.05) is 17.5 Å². The van der Waals surface area contributed by atoms with Gasteiger partial charge in [0.15, 0.2) is 0 Å². The van der Waals surface area contributed by atoms with Crippen molar-refractivity contribution in [3.8, 4) is 0 Å². The van der Waals surface area contributed by atoms with Crippen molar-refractivity contribution < 1.29 is 4.39 Å². The Bertz CT molecular complexity index is 459. The molecule has 2 N–H and O–H groups in total. The monoisotopic (exact) mass is 277 g/mol. The maximum atomic E-state index is 13.6. The summed E-state index contributed by atoms with van der Waals surface area (Å²) < 4.78 is 13.6. The Morgan fingerprint density at radius 3 is 2.62 bits per heavy atom. The van der Waals surface area contributed by atoms with Crippen LogP contribution in [-0.2, 0) is 0 Å². The summed E-state index contributed by atoms with van der Waals surface area (Å²) in [6.07, 6.45) is 0. The van der Waals surface area contributed by atoms with E-state index in [0.29, 0.717) is 5.56 Å². The lowest BCUT2D eigenvalue weighted by Gasteiger charge is -2.11. The van der Waals surface area contributed by atoms with Gasteiger partial charge in [0.05, 0.1) is 11.1 Å². The normalized spacial score (nSPS) is 11.9. The Labute approximate surface area is 108 Å². The lowest BCUT2D eigenvalue weighted by atomic mass is 10.1. The molecule has 0 saturated carbocycles. The third-order valence-corrected chi connectivity index (χ3v) is 3.41. The highest BCUT2D eigenvalue weighted by atomic mass is 35.5. The minimum Gasteiger partial charge on any atom is -0.320 e. The molecule has 0 aliphatic heterocycles. The van der Waals surface area contributed by atoms with Crippen LogP contribution in [0, 0.1) is 5.82 Å². The minimum absolute atomic E-state index is 0. The van der Waals surface area contributed by atoms with E-state index in [0.717, 1.165) is 4.88 Å². The maximum Gasteiger partial charge on any atom is 0.146 e. The summed E-state index contributed by atoms with van der Waals surface area (Å²) in [5.74, 6) is -0.430. The Hall–Kier alpha value is -0.610. The Morgan fingerprint density at radius 1 is 1.25 bits per heavy atom. The van der Waals surface area contributed by atoms with Crippen molar-refractivity contribution in [3.63, 3.8) is 0 Å². The van der Waals surface area contributed by atoms with Crippen molar-refractivity contribution in [1.82, 2.24) is 0 Å². The van der Waals surface area contributed by atoms with Gasteiger partial charge in [-0.3, -0.25) is 0 Å². The number of halogens is 3. The molecule has 0 saturated heterocycles. The average molecular weight is 278 g/mol. The molecule has 1 atom stereocenters. The second kappa shape index (κ2) is 5.64. The maximum absolute atomic E-state index is 13.6. The highest BCUT2D eigenvalue weighted by Gasteiger charge is 2.15. The van der Waals surface area contributed by atoms with E-state index in [-0.39, 0.29) is 17.4 Å². The summed E-state index contributed by atoms with van der Waals surface area (Å²) >= 11 is 7.20. The summed E-state index contributed by atoms with van der Waals surface area (Å²) in [7, 11) is 0. The van der Waals surface area contributed by atoms with E-state index in [4.69, 9.17) is 17.3 Å². The van der Waals surface area contributed by atoms with Gasteiger partial charge in [0.1, 0.15) is 5.82 Å². The highest BCUT2D eigenvalue weighted by Crippen LogP contribution is 2.28. The van der Waals surface area contributed by atoms with Crippen LogP contribution in [-0.4, -0.2) is 0 Å². The molecule has 16 heavy (non-hydrogen) atoms. The van der Waals surface area contributed by atoms with Crippen LogP contribution in [0.3, 0.4) is 0 Å². The quantitative estimate of drug-likeness (QED) is 0.882. The standard InChI is InChI=1S/C11H9ClFNS.ClH/c12-8-4-1-3-7(10(8)13)11(14)9-5-2-6-15-9;/h1-6,11H,14H2;1H/t11-;/m1./s1. The van der Waals surface area contributed by atoms with Crippen LogP contribution in [0.1, 0.15) is 16.5 Å². The lowest BCUT2D eigenvalue weighted by Crippen LogP contribution is -2.12. The molecular weight excluding hydrogens is 268 g/mol. The van der Waals surface area contributed by atoms with Crippen LogP contribution in [0.2, 0.25) is 5.02 Å². The lowest BCUT2D eigenvalue weighted by molar-refractivity contribution is 0.601. The predicted octanol–water partition coefficient (Wildman–Crippen LogP) is 4.01. The molecule has 1 aromatic carbocycles. The van der Waals surface area contributed by atoms with E-state index in [1.165, 1.54) is 17.4 Å². The number of hydrogen-bond acceptors (Lipinski definition) is 2. The van der Waals surface area contributed by atoms with Gasteiger partial charge in [0, 0.05) is 10.4 Å². The largest absolute Gasteiger partial charge is 0.320 e. The Kier molecular flexibility index (Phi) is 4.74. The number of thiophene rings is 1. The Balaban J connectivity index is 0.00000128. The van der Waals surface area contributed by atoms with Crippen molar-refractivity contribution >= 4 is 35.3 Å². The van der Waals surface area contributed by atoms with Gasteiger partial charge >= 0.3 is 0 Å². The fourth-order valence-electron chi connectivity index (χ4n) is 1.38. The number of rotatable bonds is 2. The van der Waals surface area contributed by atoms with Gasteiger partial charge in [0.2, 0.25) is 0 Å². The van der Waals surface area contributed by atoms with E-state index in [9.17, 15) is 4.39 Å². The van der Waals surface area contributed by atoms with Crippen LogP contribution in [0.5, 0.6) is 0 Å². The fraction of sp³-hybridized carbons (Fsp3) is 0.0909. The van der Waals surface area contributed by atoms with E-state index < -0.39 is 11.9 Å². The smallest absolute Gasteiger partial charge is 0.146 e. The van der Waals surface area contributed by atoms with Crippen molar-refractivity contribution in [2.45, 2.75) is 6.04 Å². The van der Waals surface area contributed by atoms with Gasteiger partial charge in [-0.2, -0.15) is 0 Å². The third-order valence-electron chi connectivity index (χ3n) is 2.17. The third kappa shape index (κ3) is 2.55. The van der Waals surface area contributed by atoms with Gasteiger partial charge in [-0.05, 0) is 17.5 Å². The molecule has 2 rings (SSSR count). The van der Waals surface area contributed by atoms with E-state index in [1.54, 1.807) is 12.1 Å². The molecule has 5 heteroatoms. The highest BCUT2D eigenvalue weighted by molar-refractivity contribution is 7.10. The second-order valence-corrected chi connectivity index (χ2v) is 4.52. The number of benzene rings is 1. The molecule has 1 nitrogen and oxygen atoms in total. The molecule has 0 aliphatic rings. The first-order chi connectivity index (χ1) is 7.20. The molecule has 0 fully saturated rings. The molecule has 2 aromatic rings. The molecule has 0 unspecified atom stereocenters. The van der Waals surface area contributed by atoms with Gasteiger partial charge in [0.25, 0.3) is 0 Å². The molecular formula is C11H10Cl2FNS. The van der Waals surface area contributed by atoms with Crippen LogP contribution in [0.25, 0.3) is 0 Å². The van der Waals surface area contributed by atoms with Crippen molar-refractivity contribution in [2.75, 3.05) is 0 Å². The van der Waals surface area contributed by atoms with Crippen molar-refractivity contribution in [1.29, 1.82) is 0 Å². The van der Waals surface area contributed by atoms with Crippen LogP contribution < -0.4 is 5.73 Å². The second-order valence-electron chi connectivity index (χ2n) is 3.14. The van der Waals surface area contributed by atoms with Gasteiger partial charge in [-0.1, -0.05) is 29.8 Å². The zero-order valence-corrected chi connectivity index (χ0v) is 10.6. The summed E-state index contributed by atoms with van der Waals surface area (Å²) in [5, 5.41) is 2.02. The molecule has 86 valence electrons. The zero-order valence-electron chi connectivity index (χ0n) is 8.19. The summed E-state index contributed by atoms with van der Waals surface area (Å²) in [6.45, 7) is 0. The van der Waals surface area contributed by atoms with Crippen LogP contribution in [0.4, 0.5) is 4.39 Å². The van der Waals surface area contributed by atoms with Gasteiger partial charge in [-0.15, -0.1) is 23.7 Å². The fourth-order valence-corrected chi connectivity index (χ4v) is 2.31. The molecule has 0 amide bonds. The summed E-state index contributed by atoms with van der Waals surface area (Å²) in [5.41, 5.74) is 6.38. The van der Waals surface area contributed by atoms with E-state index >= 15 is 0 Å². The Morgan fingerprint density at radius 2 is 2.00 bits per heavy atom. The summed E-state index contributed by atoms with van der Waals surface area (Å²) in [6, 6.07) is 8.21. The van der Waals surface area contributed by atoms with Gasteiger partial charge < -0.3 is 5.73 Å². The van der Waals surface area contributed by atoms with Crippen molar-refractivity contribution in [3.05, 3.63) is 57.0 Å².